The third-order valence-corrected chi connectivity index (χ3v) is 4.88. The predicted molar refractivity (Wildman–Crippen MR) is 99.2 cm³/mol. The minimum Gasteiger partial charge on any atom is -0.385 e. The summed E-state index contributed by atoms with van der Waals surface area (Å²) in [6.45, 7) is 6.16. The van der Waals surface area contributed by atoms with Crippen molar-refractivity contribution in [2.24, 2.45) is 11.7 Å². The summed E-state index contributed by atoms with van der Waals surface area (Å²) in [6.07, 6.45) is 5.94. The van der Waals surface area contributed by atoms with E-state index in [9.17, 15) is 0 Å². The molecule has 1 aromatic rings. The molecule has 1 saturated carbocycles. The second-order valence-electron chi connectivity index (χ2n) is 6.63. The molecule has 0 aliphatic heterocycles. The minimum absolute atomic E-state index is 0.434. The summed E-state index contributed by atoms with van der Waals surface area (Å²) in [5, 5.41) is 3.59. The average Bonchev–Trinajstić information content (AvgIpc) is 2.59. The highest BCUT2D eigenvalue weighted by molar-refractivity contribution is 5.55. The lowest BCUT2D eigenvalue weighted by atomic mass is 9.86. The van der Waals surface area contributed by atoms with Crippen LogP contribution in [0, 0.1) is 5.92 Å². The first-order valence-corrected chi connectivity index (χ1v) is 9.06. The van der Waals surface area contributed by atoms with Gasteiger partial charge < -0.3 is 20.7 Å². The maximum Gasteiger partial charge on any atom is 0.0479 e. The van der Waals surface area contributed by atoms with Crippen molar-refractivity contribution < 1.29 is 4.74 Å². The lowest BCUT2D eigenvalue weighted by Crippen LogP contribution is -2.29. The normalized spacial score (nSPS) is 21.2. The summed E-state index contributed by atoms with van der Waals surface area (Å²) >= 11 is 0. The Morgan fingerprint density at radius 2 is 1.87 bits per heavy atom. The highest BCUT2D eigenvalue weighted by atomic mass is 16.5. The van der Waals surface area contributed by atoms with Gasteiger partial charge in [-0.3, -0.25) is 0 Å². The average molecular weight is 319 g/mol. The van der Waals surface area contributed by atoms with Crippen LogP contribution in [-0.2, 0) is 4.74 Å². The quantitative estimate of drug-likeness (QED) is 0.684. The van der Waals surface area contributed by atoms with Crippen LogP contribution in [0.2, 0.25) is 0 Å². The summed E-state index contributed by atoms with van der Waals surface area (Å²) in [4.78, 5) is 2.39. The summed E-state index contributed by atoms with van der Waals surface area (Å²) < 4.78 is 5.14. The van der Waals surface area contributed by atoms with Crippen molar-refractivity contribution in [1.82, 2.24) is 0 Å². The van der Waals surface area contributed by atoms with E-state index in [1.807, 2.05) is 0 Å². The molecule has 1 fully saturated rings. The zero-order valence-electron chi connectivity index (χ0n) is 14.8. The van der Waals surface area contributed by atoms with E-state index in [1.165, 1.54) is 37.1 Å². The Kier molecular flexibility index (Phi) is 7.69. The highest BCUT2D eigenvalue weighted by Crippen LogP contribution is 2.24. The summed E-state index contributed by atoms with van der Waals surface area (Å²) in [7, 11) is 1.76. The van der Waals surface area contributed by atoms with E-state index < -0.39 is 0 Å². The molecule has 0 spiro atoms. The zero-order chi connectivity index (χ0) is 16.5. The van der Waals surface area contributed by atoms with Gasteiger partial charge in [0.25, 0.3) is 0 Å². The van der Waals surface area contributed by atoms with Gasteiger partial charge in [-0.05, 0) is 69.2 Å². The van der Waals surface area contributed by atoms with Gasteiger partial charge in [-0.2, -0.15) is 0 Å². The molecule has 0 amide bonds. The SMILES string of the molecule is CCN(CCCOC)c1ccc(NCC2CCC(N)CC2)cc1. The maximum absolute atomic E-state index is 5.97. The number of ether oxygens (including phenoxy) is 1. The van der Waals surface area contributed by atoms with Crippen molar-refractivity contribution in [2.45, 2.75) is 45.1 Å². The van der Waals surface area contributed by atoms with Crippen LogP contribution in [0.1, 0.15) is 39.0 Å². The van der Waals surface area contributed by atoms with Gasteiger partial charge in [0.1, 0.15) is 0 Å². The molecule has 0 aromatic heterocycles. The monoisotopic (exact) mass is 319 g/mol. The molecule has 0 heterocycles. The molecule has 1 aromatic carbocycles. The second kappa shape index (κ2) is 9.78. The Labute approximate surface area is 141 Å². The van der Waals surface area contributed by atoms with Crippen molar-refractivity contribution in [1.29, 1.82) is 0 Å². The van der Waals surface area contributed by atoms with E-state index in [4.69, 9.17) is 10.5 Å². The zero-order valence-corrected chi connectivity index (χ0v) is 14.8. The largest absolute Gasteiger partial charge is 0.385 e. The topological polar surface area (TPSA) is 50.5 Å². The van der Waals surface area contributed by atoms with Crippen LogP contribution in [0.4, 0.5) is 11.4 Å². The first-order chi connectivity index (χ1) is 11.2. The van der Waals surface area contributed by atoms with Crippen molar-refractivity contribution in [2.75, 3.05) is 43.6 Å². The van der Waals surface area contributed by atoms with Crippen molar-refractivity contribution >= 4 is 11.4 Å². The Morgan fingerprint density at radius 1 is 1.17 bits per heavy atom. The van der Waals surface area contributed by atoms with Gasteiger partial charge in [0, 0.05) is 50.8 Å². The Hall–Kier alpha value is -1.26. The molecule has 0 atom stereocenters. The minimum atomic E-state index is 0.434. The van der Waals surface area contributed by atoms with Gasteiger partial charge in [-0.25, -0.2) is 0 Å². The summed E-state index contributed by atoms with van der Waals surface area (Å²) in [5.74, 6) is 0.774. The molecular weight excluding hydrogens is 286 g/mol. The molecule has 1 aliphatic rings. The first kappa shape index (κ1) is 18.1. The Balaban J connectivity index is 1.79. The van der Waals surface area contributed by atoms with E-state index in [0.29, 0.717) is 6.04 Å². The van der Waals surface area contributed by atoms with E-state index in [-0.39, 0.29) is 0 Å². The third kappa shape index (κ3) is 6.04. The lowest BCUT2D eigenvalue weighted by Gasteiger charge is -2.26. The smallest absolute Gasteiger partial charge is 0.0479 e. The van der Waals surface area contributed by atoms with Crippen molar-refractivity contribution in [3.05, 3.63) is 24.3 Å². The fourth-order valence-electron chi connectivity index (χ4n) is 3.31. The third-order valence-electron chi connectivity index (χ3n) is 4.88. The lowest BCUT2D eigenvalue weighted by molar-refractivity contribution is 0.196. The van der Waals surface area contributed by atoms with E-state index in [2.05, 4.69) is 41.4 Å². The molecule has 130 valence electrons. The van der Waals surface area contributed by atoms with Crippen LogP contribution in [0.25, 0.3) is 0 Å². The second-order valence-corrected chi connectivity index (χ2v) is 6.63. The molecular formula is C19H33N3O. The van der Waals surface area contributed by atoms with Gasteiger partial charge in [0.05, 0.1) is 0 Å². The van der Waals surface area contributed by atoms with Crippen LogP contribution in [0.5, 0.6) is 0 Å². The predicted octanol–water partition coefficient (Wildman–Crippen LogP) is 3.48. The molecule has 2 rings (SSSR count). The van der Waals surface area contributed by atoms with Crippen LogP contribution in [0.15, 0.2) is 24.3 Å². The molecule has 4 heteroatoms. The molecule has 1 aliphatic carbocycles. The van der Waals surface area contributed by atoms with Gasteiger partial charge in [-0.15, -0.1) is 0 Å². The maximum atomic E-state index is 5.97. The number of hydrogen-bond acceptors (Lipinski definition) is 4. The van der Waals surface area contributed by atoms with Gasteiger partial charge in [0.15, 0.2) is 0 Å². The molecule has 0 bridgehead atoms. The fraction of sp³-hybridized carbons (Fsp3) is 0.684. The number of hydrogen-bond donors (Lipinski definition) is 2. The van der Waals surface area contributed by atoms with Crippen molar-refractivity contribution in [3.8, 4) is 0 Å². The number of methoxy groups -OCH3 is 1. The summed E-state index contributed by atoms with van der Waals surface area (Å²) in [5.41, 5.74) is 8.48. The van der Waals surface area contributed by atoms with E-state index >= 15 is 0 Å². The molecule has 23 heavy (non-hydrogen) atoms. The molecule has 0 radical (unpaired) electrons. The Morgan fingerprint density at radius 3 is 2.48 bits per heavy atom. The molecule has 4 nitrogen and oxygen atoms in total. The number of nitrogens with one attached hydrogen (secondary N) is 1. The van der Waals surface area contributed by atoms with Crippen LogP contribution >= 0.6 is 0 Å². The number of nitrogens with zero attached hydrogens (tertiary/aromatic N) is 1. The molecule has 3 N–H and O–H groups in total. The Bertz CT molecular complexity index is 427. The van der Waals surface area contributed by atoms with Gasteiger partial charge in [0.2, 0.25) is 0 Å². The standard InChI is InChI=1S/C19H33N3O/c1-3-22(13-4-14-23-2)19-11-9-18(10-12-19)21-15-16-5-7-17(20)8-6-16/h9-12,16-17,21H,3-8,13-15,20H2,1-2H3. The van der Waals surface area contributed by atoms with E-state index in [0.717, 1.165) is 38.6 Å². The number of nitrogens with two attached hydrogens (primary N) is 1. The number of anilines is 2. The van der Waals surface area contributed by atoms with Crippen molar-refractivity contribution in [3.63, 3.8) is 0 Å². The van der Waals surface area contributed by atoms with Crippen LogP contribution in [-0.4, -0.2) is 39.4 Å². The highest BCUT2D eigenvalue weighted by Gasteiger charge is 2.18. The van der Waals surface area contributed by atoms with Crippen LogP contribution < -0.4 is 16.0 Å². The molecule has 0 saturated heterocycles. The summed E-state index contributed by atoms with van der Waals surface area (Å²) in [6, 6.07) is 9.26. The van der Waals surface area contributed by atoms with Gasteiger partial charge >= 0.3 is 0 Å². The number of rotatable bonds is 9. The van der Waals surface area contributed by atoms with Crippen LogP contribution in [0.3, 0.4) is 0 Å². The fourth-order valence-corrected chi connectivity index (χ4v) is 3.31. The van der Waals surface area contributed by atoms with Gasteiger partial charge in [-0.1, -0.05) is 0 Å². The molecule has 0 unspecified atom stereocenters. The first-order valence-electron chi connectivity index (χ1n) is 9.06. The van der Waals surface area contributed by atoms with E-state index in [1.54, 1.807) is 7.11 Å². The number of benzene rings is 1.